The summed E-state index contributed by atoms with van der Waals surface area (Å²) in [5, 5.41) is 12.6. The quantitative estimate of drug-likeness (QED) is 0.736. The molecule has 5 nitrogen and oxygen atoms in total. The molecule has 1 amide bonds. The number of amides is 1. The molecule has 0 unspecified atom stereocenters. The van der Waals surface area contributed by atoms with E-state index in [-0.39, 0.29) is 25.0 Å². The number of nitrogens with one attached hydrogen (secondary N) is 1. The molecule has 160 valence electrons. The predicted molar refractivity (Wildman–Crippen MR) is 112 cm³/mol. The lowest BCUT2D eigenvalue weighted by atomic mass is 9.95. The molecule has 0 atom stereocenters. The number of aromatic nitrogens is 1. The van der Waals surface area contributed by atoms with E-state index in [1.165, 1.54) is 18.6 Å². The van der Waals surface area contributed by atoms with E-state index in [0.29, 0.717) is 16.9 Å². The van der Waals surface area contributed by atoms with Crippen molar-refractivity contribution < 1.29 is 13.6 Å². The van der Waals surface area contributed by atoms with Crippen LogP contribution >= 0.6 is 0 Å². The van der Waals surface area contributed by atoms with Gasteiger partial charge >= 0.3 is 0 Å². The number of carbonyl (C=O) groups excluding carboxylic acids is 1. The molecule has 1 aliphatic carbocycles. The van der Waals surface area contributed by atoms with Crippen molar-refractivity contribution in [2.24, 2.45) is 0 Å². The number of halogens is 2. The fourth-order valence-corrected chi connectivity index (χ4v) is 4.30. The average Bonchev–Trinajstić information content (AvgIpc) is 2.94. The predicted octanol–water partition coefficient (Wildman–Crippen LogP) is 4.83. The van der Waals surface area contributed by atoms with E-state index in [1.54, 1.807) is 11.9 Å². The fourth-order valence-electron chi connectivity index (χ4n) is 4.30. The van der Waals surface area contributed by atoms with E-state index in [2.05, 4.69) is 16.0 Å². The molecule has 1 saturated carbocycles. The van der Waals surface area contributed by atoms with Crippen LogP contribution in [0.25, 0.3) is 0 Å². The zero-order valence-electron chi connectivity index (χ0n) is 17.8. The monoisotopic (exact) mass is 414 g/mol. The molecule has 1 aromatic heterocycles. The lowest BCUT2D eigenvalue weighted by Crippen LogP contribution is -2.31. The Balaban J connectivity index is 1.75. The summed E-state index contributed by atoms with van der Waals surface area (Å²) in [6.45, 7) is 4.10. The molecule has 30 heavy (non-hydrogen) atoms. The standard InChI is InChI=1S/C23H28F2N4O/c1-15-16(2)29(19-7-5-4-6-8-19)23(20(15)12-26)27-22(30)14-28(3)13-17-9-10-18(24)11-21(17)25/h9-11,19H,4-8,13-14H2,1-3H3,(H,27,30). The maximum Gasteiger partial charge on any atom is 0.239 e. The van der Waals surface area contributed by atoms with Crippen molar-refractivity contribution in [2.45, 2.75) is 58.5 Å². The van der Waals surface area contributed by atoms with E-state index in [9.17, 15) is 18.8 Å². The van der Waals surface area contributed by atoms with Crippen molar-refractivity contribution in [1.29, 1.82) is 5.26 Å². The number of benzene rings is 1. The van der Waals surface area contributed by atoms with Crippen LogP contribution in [0.1, 0.15) is 60.5 Å². The summed E-state index contributed by atoms with van der Waals surface area (Å²) >= 11 is 0. The summed E-state index contributed by atoms with van der Waals surface area (Å²) in [6.07, 6.45) is 5.57. The van der Waals surface area contributed by atoms with Crippen molar-refractivity contribution in [1.82, 2.24) is 9.47 Å². The Hall–Kier alpha value is -2.72. The van der Waals surface area contributed by atoms with Crippen molar-refractivity contribution in [3.05, 3.63) is 52.2 Å². The van der Waals surface area contributed by atoms with Crippen molar-refractivity contribution in [3.63, 3.8) is 0 Å². The maximum atomic E-state index is 13.9. The van der Waals surface area contributed by atoms with Gasteiger partial charge in [0.2, 0.25) is 5.91 Å². The van der Waals surface area contributed by atoms with Gasteiger partial charge in [0, 0.05) is 29.9 Å². The second-order valence-electron chi connectivity index (χ2n) is 8.16. The largest absolute Gasteiger partial charge is 0.327 e. The van der Waals surface area contributed by atoms with Crippen molar-refractivity contribution in [3.8, 4) is 6.07 Å². The smallest absolute Gasteiger partial charge is 0.239 e. The molecule has 1 heterocycles. The molecule has 1 fully saturated rings. The van der Waals surface area contributed by atoms with Crippen LogP contribution in [0.3, 0.4) is 0 Å². The normalized spacial score (nSPS) is 14.7. The lowest BCUT2D eigenvalue weighted by molar-refractivity contribution is -0.117. The van der Waals surface area contributed by atoms with Crippen LogP contribution in [0.2, 0.25) is 0 Å². The molecule has 1 aromatic carbocycles. The minimum absolute atomic E-state index is 0.0234. The summed E-state index contributed by atoms with van der Waals surface area (Å²) in [5.74, 6) is -0.974. The SMILES string of the molecule is Cc1c(C#N)c(NC(=O)CN(C)Cc2ccc(F)cc2F)n(C2CCCCC2)c1C. The first-order valence-corrected chi connectivity index (χ1v) is 10.4. The third kappa shape index (κ3) is 4.71. The summed E-state index contributed by atoms with van der Waals surface area (Å²) < 4.78 is 29.1. The van der Waals surface area contributed by atoms with Crippen molar-refractivity contribution in [2.75, 3.05) is 18.9 Å². The van der Waals surface area contributed by atoms with E-state index in [1.807, 2.05) is 13.8 Å². The van der Waals surface area contributed by atoms with Gasteiger partial charge in [-0.1, -0.05) is 25.3 Å². The van der Waals surface area contributed by atoms with Gasteiger partial charge in [0.1, 0.15) is 23.5 Å². The molecular weight excluding hydrogens is 386 g/mol. The Bertz CT molecular complexity index is 971. The molecule has 1 aliphatic rings. The molecule has 0 radical (unpaired) electrons. The summed E-state index contributed by atoms with van der Waals surface area (Å²) in [5.41, 5.74) is 2.72. The number of anilines is 1. The molecule has 1 N–H and O–H groups in total. The highest BCUT2D eigenvalue weighted by Crippen LogP contribution is 2.36. The molecule has 7 heteroatoms. The zero-order valence-corrected chi connectivity index (χ0v) is 17.8. The number of hydrogen-bond donors (Lipinski definition) is 1. The highest BCUT2D eigenvalue weighted by atomic mass is 19.1. The van der Waals surface area contributed by atoms with Crippen LogP contribution in [-0.4, -0.2) is 29.0 Å². The van der Waals surface area contributed by atoms with Crippen LogP contribution in [0.5, 0.6) is 0 Å². The van der Waals surface area contributed by atoms with Gasteiger partial charge in [0.25, 0.3) is 0 Å². The summed E-state index contributed by atoms with van der Waals surface area (Å²) in [4.78, 5) is 14.4. The summed E-state index contributed by atoms with van der Waals surface area (Å²) in [6, 6.07) is 5.94. The number of rotatable bonds is 6. The van der Waals surface area contributed by atoms with Crippen LogP contribution in [0, 0.1) is 36.8 Å². The highest BCUT2D eigenvalue weighted by molar-refractivity contribution is 5.93. The minimum Gasteiger partial charge on any atom is -0.327 e. The molecule has 0 saturated heterocycles. The average molecular weight is 415 g/mol. The lowest BCUT2D eigenvalue weighted by Gasteiger charge is -2.27. The maximum absolute atomic E-state index is 13.9. The molecular formula is C23H28F2N4O. The second kappa shape index (κ2) is 9.40. The van der Waals surface area contributed by atoms with Crippen LogP contribution in [0.15, 0.2) is 18.2 Å². The number of carbonyl (C=O) groups is 1. The first-order chi connectivity index (χ1) is 14.3. The van der Waals surface area contributed by atoms with E-state index >= 15 is 0 Å². The first kappa shape index (κ1) is 22.0. The van der Waals surface area contributed by atoms with E-state index in [4.69, 9.17) is 0 Å². The van der Waals surface area contributed by atoms with E-state index in [0.717, 1.165) is 43.0 Å². The zero-order chi connectivity index (χ0) is 21.8. The molecule has 0 aliphatic heterocycles. The molecule has 0 spiro atoms. The topological polar surface area (TPSA) is 61.1 Å². The van der Waals surface area contributed by atoms with Crippen LogP contribution in [0.4, 0.5) is 14.6 Å². The van der Waals surface area contributed by atoms with Gasteiger partial charge in [-0.2, -0.15) is 5.26 Å². The van der Waals surface area contributed by atoms with Gasteiger partial charge in [0.15, 0.2) is 0 Å². The number of hydrogen-bond acceptors (Lipinski definition) is 3. The third-order valence-corrected chi connectivity index (χ3v) is 5.94. The fraction of sp³-hybridized carbons (Fsp3) is 0.478. The van der Waals surface area contributed by atoms with Gasteiger partial charge in [-0.05, 0) is 45.4 Å². The van der Waals surface area contributed by atoms with Gasteiger partial charge < -0.3 is 9.88 Å². The van der Waals surface area contributed by atoms with Gasteiger partial charge in [-0.15, -0.1) is 0 Å². The number of likely N-dealkylation sites (N-methyl/N-ethyl adjacent to an activating group) is 1. The molecule has 0 bridgehead atoms. The number of nitrogens with zero attached hydrogens (tertiary/aromatic N) is 3. The highest BCUT2D eigenvalue weighted by Gasteiger charge is 2.26. The molecule has 2 aromatic rings. The van der Waals surface area contributed by atoms with E-state index < -0.39 is 11.6 Å². The van der Waals surface area contributed by atoms with Crippen molar-refractivity contribution >= 4 is 11.7 Å². The number of nitriles is 1. The van der Waals surface area contributed by atoms with Gasteiger partial charge in [-0.25, -0.2) is 8.78 Å². The Morgan fingerprint density at radius 1 is 1.27 bits per heavy atom. The second-order valence-corrected chi connectivity index (χ2v) is 8.16. The van der Waals surface area contributed by atoms with Gasteiger partial charge in [-0.3, -0.25) is 9.69 Å². The Morgan fingerprint density at radius 2 is 1.97 bits per heavy atom. The Morgan fingerprint density at radius 3 is 2.60 bits per heavy atom. The van der Waals surface area contributed by atoms with Crippen LogP contribution < -0.4 is 5.32 Å². The summed E-state index contributed by atoms with van der Waals surface area (Å²) in [7, 11) is 1.70. The first-order valence-electron chi connectivity index (χ1n) is 10.4. The van der Waals surface area contributed by atoms with Gasteiger partial charge in [0.05, 0.1) is 12.1 Å². The Labute approximate surface area is 176 Å². The van der Waals surface area contributed by atoms with Crippen LogP contribution in [-0.2, 0) is 11.3 Å². The minimum atomic E-state index is -0.633. The third-order valence-electron chi connectivity index (χ3n) is 5.94. The molecule has 3 rings (SSSR count). The Kier molecular flexibility index (Phi) is 6.88.